The first-order chi connectivity index (χ1) is 24.1. The molecule has 0 aliphatic rings. The molecule has 0 radical (unpaired) electrons. The minimum absolute atomic E-state index is 0.0238. The normalized spacial score (nSPS) is 12.1. The molecule has 0 aliphatic heterocycles. The van der Waals surface area contributed by atoms with Gasteiger partial charge in [0.25, 0.3) is 0 Å². The van der Waals surface area contributed by atoms with Crippen LogP contribution in [0.15, 0.2) is 91.3 Å². The number of halogens is 1. The summed E-state index contributed by atoms with van der Waals surface area (Å²) in [6, 6.07) is 26.8. The third-order valence-electron chi connectivity index (χ3n) is 8.70. The van der Waals surface area contributed by atoms with Crippen LogP contribution in [0.25, 0.3) is 22.3 Å². The average Bonchev–Trinajstić information content (AvgIpc) is 3.13. The lowest BCUT2D eigenvalue weighted by Gasteiger charge is -2.25. The molecule has 0 saturated carbocycles. The van der Waals surface area contributed by atoms with E-state index in [0.717, 1.165) is 45.2 Å². The van der Waals surface area contributed by atoms with Crippen LogP contribution in [0.1, 0.15) is 50.7 Å². The molecule has 1 atom stereocenters. The number of hydrogen-bond acceptors (Lipinski definition) is 8. The molecule has 10 heteroatoms. The summed E-state index contributed by atoms with van der Waals surface area (Å²) in [5, 5.41) is 31.8. The zero-order chi connectivity index (χ0) is 35.8. The standard InChI is InChI=1S/C40H36ClN3O6/c1-25-31(6-4-8-34(25)35-9-5-7-33(26(35)2)30-12-10-27(21-45)11-13-30)23-50-38-16-37(49-22-29-14-28(17-42)18-43-19-29)32(15-36(38)41)20-44-40(3,24-46)39(47)48/h4-16,18-19,21,44,46H,20,22-24H2,1-3H3,(H,47,48). The van der Waals surface area contributed by atoms with Gasteiger partial charge in [-0.25, -0.2) is 0 Å². The van der Waals surface area contributed by atoms with Gasteiger partial charge in [-0.3, -0.25) is 19.9 Å². The summed E-state index contributed by atoms with van der Waals surface area (Å²) in [7, 11) is 0. The number of rotatable bonds is 14. The van der Waals surface area contributed by atoms with E-state index in [0.29, 0.717) is 38.8 Å². The number of carbonyl (C=O) groups is 2. The molecular weight excluding hydrogens is 654 g/mol. The van der Waals surface area contributed by atoms with Gasteiger partial charge in [0.1, 0.15) is 42.6 Å². The van der Waals surface area contributed by atoms with Gasteiger partial charge in [0, 0.05) is 41.7 Å². The molecule has 1 unspecified atom stereocenters. The second-order valence-corrected chi connectivity index (χ2v) is 12.5. The van der Waals surface area contributed by atoms with E-state index in [-0.39, 0.29) is 19.8 Å². The second-order valence-electron chi connectivity index (χ2n) is 12.1. The number of pyridine rings is 1. The van der Waals surface area contributed by atoms with Crippen LogP contribution in [0.5, 0.6) is 11.5 Å². The number of carbonyl (C=O) groups excluding carboxylic acids is 1. The number of nitrogens with one attached hydrogen (secondary N) is 1. The Bertz CT molecular complexity index is 2080. The number of nitrogens with zero attached hydrogens (tertiary/aromatic N) is 2. The van der Waals surface area contributed by atoms with Crippen molar-refractivity contribution in [3.8, 4) is 39.8 Å². The van der Waals surface area contributed by atoms with Gasteiger partial charge in [-0.1, -0.05) is 72.3 Å². The fraction of sp³-hybridized carbons (Fsp3) is 0.200. The number of benzene rings is 4. The highest BCUT2D eigenvalue weighted by Gasteiger charge is 2.32. The van der Waals surface area contributed by atoms with Crippen LogP contribution in [0.3, 0.4) is 0 Å². The first-order valence-electron chi connectivity index (χ1n) is 15.8. The van der Waals surface area contributed by atoms with Gasteiger partial charge in [-0.2, -0.15) is 5.26 Å². The van der Waals surface area contributed by atoms with Crippen molar-refractivity contribution in [3.63, 3.8) is 0 Å². The van der Waals surface area contributed by atoms with E-state index in [1.165, 1.54) is 13.1 Å². The zero-order valence-electron chi connectivity index (χ0n) is 27.9. The van der Waals surface area contributed by atoms with Crippen LogP contribution < -0.4 is 14.8 Å². The fourth-order valence-corrected chi connectivity index (χ4v) is 5.75. The summed E-state index contributed by atoms with van der Waals surface area (Å²) in [5.74, 6) is -0.469. The monoisotopic (exact) mass is 689 g/mol. The van der Waals surface area contributed by atoms with E-state index in [9.17, 15) is 25.1 Å². The Morgan fingerprint density at radius 2 is 1.60 bits per heavy atom. The van der Waals surface area contributed by atoms with Crippen LogP contribution in [-0.4, -0.2) is 39.6 Å². The van der Waals surface area contributed by atoms with Crippen LogP contribution in [0.2, 0.25) is 5.02 Å². The number of carboxylic acids is 1. The van der Waals surface area contributed by atoms with Crippen molar-refractivity contribution in [1.82, 2.24) is 10.3 Å². The number of carboxylic acid groups (broad SMARTS) is 1. The number of ether oxygens (including phenoxy) is 2. The van der Waals surface area contributed by atoms with Gasteiger partial charge >= 0.3 is 5.97 Å². The maximum Gasteiger partial charge on any atom is 0.326 e. The summed E-state index contributed by atoms with van der Waals surface area (Å²) in [6.07, 6.45) is 3.88. The zero-order valence-corrected chi connectivity index (χ0v) is 28.6. The maximum atomic E-state index is 11.8. The molecular formula is C40H36ClN3O6. The predicted octanol–water partition coefficient (Wildman–Crippen LogP) is 7.45. The second kappa shape index (κ2) is 15.8. The van der Waals surface area contributed by atoms with E-state index in [2.05, 4.69) is 41.5 Å². The highest BCUT2D eigenvalue weighted by Crippen LogP contribution is 2.37. The molecule has 1 aromatic heterocycles. The SMILES string of the molecule is Cc1c(COc2cc(OCc3cncc(C#N)c3)c(CNC(C)(CO)C(=O)O)cc2Cl)cccc1-c1cccc(-c2ccc(C=O)cc2)c1C. The van der Waals surface area contributed by atoms with Gasteiger partial charge < -0.3 is 19.7 Å². The molecule has 0 fully saturated rings. The Labute approximate surface area is 295 Å². The molecule has 4 aromatic carbocycles. The molecule has 1 heterocycles. The Kier molecular flexibility index (Phi) is 11.3. The van der Waals surface area contributed by atoms with Crippen molar-refractivity contribution in [3.05, 3.63) is 135 Å². The Balaban J connectivity index is 1.42. The Hall–Kier alpha value is -5.53. The molecule has 0 amide bonds. The van der Waals surface area contributed by atoms with Crippen LogP contribution in [0, 0.1) is 25.2 Å². The highest BCUT2D eigenvalue weighted by molar-refractivity contribution is 6.32. The average molecular weight is 690 g/mol. The molecule has 9 nitrogen and oxygen atoms in total. The lowest BCUT2D eigenvalue weighted by molar-refractivity contribution is -0.145. The molecule has 5 aromatic rings. The van der Waals surface area contributed by atoms with Crippen molar-refractivity contribution < 1.29 is 29.3 Å². The van der Waals surface area contributed by atoms with Crippen molar-refractivity contribution in [2.75, 3.05) is 6.61 Å². The van der Waals surface area contributed by atoms with Gasteiger partial charge in [0.05, 0.1) is 17.2 Å². The molecule has 0 spiro atoms. The molecule has 3 N–H and O–H groups in total. The maximum absolute atomic E-state index is 11.8. The van der Waals surface area contributed by atoms with Crippen LogP contribution >= 0.6 is 11.6 Å². The number of aliphatic carboxylic acids is 1. The van der Waals surface area contributed by atoms with E-state index in [4.69, 9.17) is 21.1 Å². The fourth-order valence-electron chi connectivity index (χ4n) is 5.51. The smallest absolute Gasteiger partial charge is 0.326 e. The van der Waals surface area contributed by atoms with Crippen molar-refractivity contribution in [2.24, 2.45) is 0 Å². The van der Waals surface area contributed by atoms with Crippen molar-refractivity contribution in [2.45, 2.75) is 46.1 Å². The summed E-state index contributed by atoms with van der Waals surface area (Å²) >= 11 is 6.71. The Morgan fingerprint density at radius 1 is 0.920 bits per heavy atom. The highest BCUT2D eigenvalue weighted by atomic mass is 35.5. The van der Waals surface area contributed by atoms with Crippen LogP contribution in [-0.2, 0) is 24.6 Å². The third-order valence-corrected chi connectivity index (χ3v) is 9.00. The van der Waals surface area contributed by atoms with Gasteiger partial charge in [-0.05, 0) is 71.8 Å². The first-order valence-corrected chi connectivity index (χ1v) is 16.2. The van der Waals surface area contributed by atoms with E-state index < -0.39 is 18.1 Å². The van der Waals surface area contributed by atoms with Crippen molar-refractivity contribution >= 4 is 23.9 Å². The topological polar surface area (TPSA) is 142 Å². The molecule has 0 bridgehead atoms. The molecule has 0 saturated heterocycles. The van der Waals surface area contributed by atoms with Crippen molar-refractivity contribution in [1.29, 1.82) is 5.26 Å². The number of aromatic nitrogens is 1. The summed E-state index contributed by atoms with van der Waals surface area (Å²) in [6.45, 7) is 5.20. The number of aliphatic hydroxyl groups excluding tert-OH is 1. The van der Waals surface area contributed by atoms with Gasteiger partial charge in [0.15, 0.2) is 0 Å². The molecule has 5 rings (SSSR count). The minimum Gasteiger partial charge on any atom is -0.488 e. The first kappa shape index (κ1) is 35.8. The lowest BCUT2D eigenvalue weighted by Crippen LogP contribution is -2.52. The Morgan fingerprint density at radius 3 is 2.28 bits per heavy atom. The summed E-state index contributed by atoms with van der Waals surface area (Å²) in [5.41, 5.74) is 7.97. The largest absolute Gasteiger partial charge is 0.488 e. The summed E-state index contributed by atoms with van der Waals surface area (Å²) in [4.78, 5) is 27.0. The van der Waals surface area contributed by atoms with Gasteiger partial charge in [-0.15, -0.1) is 0 Å². The number of hydrogen-bond donors (Lipinski definition) is 3. The molecule has 0 aliphatic carbocycles. The van der Waals surface area contributed by atoms with E-state index in [1.54, 1.807) is 24.4 Å². The predicted molar refractivity (Wildman–Crippen MR) is 191 cm³/mol. The van der Waals surface area contributed by atoms with Crippen LogP contribution in [0.4, 0.5) is 0 Å². The number of nitriles is 1. The minimum atomic E-state index is -1.59. The van der Waals surface area contributed by atoms with Gasteiger partial charge in [0.2, 0.25) is 0 Å². The number of aliphatic hydroxyl groups is 1. The van der Waals surface area contributed by atoms with E-state index in [1.807, 2.05) is 49.4 Å². The number of aldehydes is 1. The lowest BCUT2D eigenvalue weighted by atomic mass is 9.89. The molecule has 50 heavy (non-hydrogen) atoms. The summed E-state index contributed by atoms with van der Waals surface area (Å²) < 4.78 is 12.4. The molecule has 254 valence electrons. The van der Waals surface area contributed by atoms with E-state index >= 15 is 0 Å². The quantitative estimate of drug-likeness (QED) is 0.101. The third kappa shape index (κ3) is 8.01.